The lowest BCUT2D eigenvalue weighted by atomic mass is 9.76. The van der Waals surface area contributed by atoms with E-state index in [0.29, 0.717) is 13.1 Å². The van der Waals surface area contributed by atoms with Gasteiger partial charge in [-0.3, -0.25) is 9.59 Å². The summed E-state index contributed by atoms with van der Waals surface area (Å²) in [6.07, 6.45) is 3.79. The Labute approximate surface area is 170 Å². The monoisotopic (exact) mass is 398 g/mol. The third-order valence-electron chi connectivity index (χ3n) is 6.73. The third kappa shape index (κ3) is 2.72. The Morgan fingerprint density at radius 2 is 2.04 bits per heavy atom. The predicted molar refractivity (Wildman–Crippen MR) is 109 cm³/mol. The second kappa shape index (κ2) is 6.63. The van der Waals surface area contributed by atoms with E-state index >= 15 is 0 Å². The average Bonchev–Trinajstić information content (AvgIpc) is 3.33. The van der Waals surface area contributed by atoms with Crippen LogP contribution in [0, 0.1) is 25.7 Å². The van der Waals surface area contributed by atoms with Gasteiger partial charge in [-0.05, 0) is 30.5 Å². The quantitative estimate of drug-likeness (QED) is 0.733. The minimum absolute atomic E-state index is 0.0646. The number of hydrogen-bond donors (Lipinski definition) is 0. The van der Waals surface area contributed by atoms with E-state index in [1.807, 2.05) is 33.7 Å². The van der Waals surface area contributed by atoms with Crippen molar-refractivity contribution in [1.82, 2.24) is 9.80 Å². The molecule has 1 aromatic rings. The molecule has 3 saturated heterocycles. The first-order chi connectivity index (χ1) is 13.5. The number of carbonyl (C=O) groups is 2. The van der Waals surface area contributed by atoms with Gasteiger partial charge in [-0.15, -0.1) is 0 Å². The first-order valence-electron chi connectivity index (χ1n) is 10.1. The van der Waals surface area contributed by atoms with Crippen LogP contribution in [0.15, 0.2) is 30.4 Å². The van der Waals surface area contributed by atoms with Gasteiger partial charge in [0.2, 0.25) is 11.8 Å². The molecule has 1 aromatic carbocycles. The van der Waals surface area contributed by atoms with Crippen molar-refractivity contribution in [1.29, 1.82) is 0 Å². The largest absolute Gasteiger partial charge is 0.360 e. The minimum atomic E-state index is -0.619. The van der Waals surface area contributed by atoms with E-state index in [1.165, 1.54) is 11.1 Å². The van der Waals surface area contributed by atoms with Crippen molar-refractivity contribution in [2.75, 3.05) is 31.1 Å². The third-order valence-corrected chi connectivity index (χ3v) is 7.67. The number of nitrogens with zero attached hydrogens (tertiary/aromatic N) is 2. The van der Waals surface area contributed by atoms with E-state index in [2.05, 4.69) is 32.0 Å². The molecule has 2 unspecified atom stereocenters. The van der Waals surface area contributed by atoms with Crippen LogP contribution in [0.1, 0.15) is 16.7 Å². The summed E-state index contributed by atoms with van der Waals surface area (Å²) in [6.45, 7) is 6.85. The summed E-state index contributed by atoms with van der Waals surface area (Å²) < 4.78 is 6.26. The molecule has 0 N–H and O–H groups in total. The highest BCUT2D eigenvalue weighted by Crippen LogP contribution is 2.52. The number of benzene rings is 1. The van der Waals surface area contributed by atoms with Gasteiger partial charge in [-0.2, -0.15) is 11.8 Å². The van der Waals surface area contributed by atoms with Gasteiger partial charge in [0.1, 0.15) is 5.60 Å². The van der Waals surface area contributed by atoms with Crippen molar-refractivity contribution in [3.63, 3.8) is 0 Å². The normalized spacial score (nSPS) is 33.6. The van der Waals surface area contributed by atoms with Gasteiger partial charge in [0, 0.05) is 31.1 Å². The summed E-state index contributed by atoms with van der Waals surface area (Å²) >= 11 is 1.88. The van der Waals surface area contributed by atoms with E-state index in [0.717, 1.165) is 30.2 Å². The molecule has 5 rings (SSSR count). The second-order valence-corrected chi connectivity index (χ2v) is 9.68. The smallest absolute Gasteiger partial charge is 0.230 e. The summed E-state index contributed by atoms with van der Waals surface area (Å²) in [6, 6.07) is 6.34. The van der Waals surface area contributed by atoms with Gasteiger partial charge in [-0.1, -0.05) is 30.4 Å². The van der Waals surface area contributed by atoms with Crippen LogP contribution in [0.25, 0.3) is 0 Å². The van der Waals surface area contributed by atoms with Gasteiger partial charge < -0.3 is 14.5 Å². The molecular formula is C22H26N2O3S. The Balaban J connectivity index is 1.39. The summed E-state index contributed by atoms with van der Waals surface area (Å²) in [7, 11) is 0. The standard InChI is InChI=1S/C22H26N2O3S/c1-14-3-4-16(11-15(14)2)12-24-13-22-6-5-17(27-22)18(19(22)21(24)26)20(25)23-7-9-28-10-8-23/h3-6,11,17-19H,7-10,12-13H2,1-2H3/t17-,18?,19?,22-/m0/s1. The highest BCUT2D eigenvalue weighted by atomic mass is 32.2. The summed E-state index contributed by atoms with van der Waals surface area (Å²) in [4.78, 5) is 30.4. The van der Waals surface area contributed by atoms with E-state index in [-0.39, 0.29) is 29.8 Å². The van der Waals surface area contributed by atoms with Crippen LogP contribution >= 0.6 is 11.8 Å². The highest BCUT2D eigenvalue weighted by molar-refractivity contribution is 7.99. The van der Waals surface area contributed by atoms with Crippen LogP contribution in [0.2, 0.25) is 0 Å². The van der Waals surface area contributed by atoms with Crippen LogP contribution in [-0.4, -0.2) is 64.5 Å². The molecule has 2 bridgehead atoms. The van der Waals surface area contributed by atoms with Crippen molar-refractivity contribution >= 4 is 23.6 Å². The van der Waals surface area contributed by atoms with Crippen LogP contribution in [0.4, 0.5) is 0 Å². The molecule has 1 spiro atoms. The molecule has 5 nitrogen and oxygen atoms in total. The fourth-order valence-electron chi connectivity index (χ4n) is 5.11. The zero-order valence-electron chi connectivity index (χ0n) is 16.4. The summed E-state index contributed by atoms with van der Waals surface area (Å²) in [5.74, 6) is 1.37. The van der Waals surface area contributed by atoms with Crippen molar-refractivity contribution < 1.29 is 14.3 Å². The fraction of sp³-hybridized carbons (Fsp3) is 0.545. The molecule has 0 aromatic heterocycles. The molecule has 0 aliphatic carbocycles. The minimum Gasteiger partial charge on any atom is -0.360 e. The molecule has 3 fully saturated rings. The SMILES string of the molecule is Cc1ccc(CN2C[C@]34C=C[C@H](O3)C(C(=O)N3CCSCC3)C4C2=O)cc1C. The fourth-order valence-corrected chi connectivity index (χ4v) is 6.01. The number of aryl methyl sites for hydroxylation is 2. The number of rotatable bonds is 3. The number of likely N-dealkylation sites (tertiary alicyclic amines) is 1. The Morgan fingerprint density at radius 3 is 2.79 bits per heavy atom. The molecule has 6 heteroatoms. The lowest BCUT2D eigenvalue weighted by Gasteiger charge is -2.32. The van der Waals surface area contributed by atoms with Gasteiger partial charge in [0.15, 0.2) is 0 Å². The first kappa shape index (κ1) is 18.3. The maximum absolute atomic E-state index is 13.4. The van der Waals surface area contributed by atoms with Crippen LogP contribution < -0.4 is 0 Å². The Bertz CT molecular complexity index is 863. The van der Waals surface area contributed by atoms with E-state index in [9.17, 15) is 9.59 Å². The van der Waals surface area contributed by atoms with Crippen LogP contribution in [0.3, 0.4) is 0 Å². The maximum Gasteiger partial charge on any atom is 0.230 e. The Morgan fingerprint density at radius 1 is 1.25 bits per heavy atom. The number of hydrogen-bond acceptors (Lipinski definition) is 4. The zero-order valence-corrected chi connectivity index (χ0v) is 17.2. The molecule has 4 aliphatic heterocycles. The predicted octanol–water partition coefficient (Wildman–Crippen LogP) is 2.16. The molecule has 28 heavy (non-hydrogen) atoms. The number of carbonyl (C=O) groups excluding carboxylic acids is 2. The number of thioether (sulfide) groups is 1. The Kier molecular flexibility index (Phi) is 4.32. The lowest BCUT2D eigenvalue weighted by Crippen LogP contribution is -2.48. The molecule has 4 heterocycles. The van der Waals surface area contributed by atoms with Crippen LogP contribution in [-0.2, 0) is 20.9 Å². The molecule has 4 atom stereocenters. The number of ether oxygens (including phenoxy) is 1. The lowest BCUT2D eigenvalue weighted by molar-refractivity contribution is -0.143. The highest BCUT2D eigenvalue weighted by Gasteiger charge is 2.67. The summed E-state index contributed by atoms with van der Waals surface area (Å²) in [5.41, 5.74) is 2.99. The van der Waals surface area contributed by atoms with Crippen molar-refractivity contribution in [2.24, 2.45) is 11.8 Å². The molecule has 4 aliphatic rings. The molecule has 0 radical (unpaired) electrons. The maximum atomic E-state index is 13.4. The molecular weight excluding hydrogens is 372 g/mol. The van der Waals surface area contributed by atoms with E-state index in [1.54, 1.807) is 0 Å². The van der Waals surface area contributed by atoms with E-state index in [4.69, 9.17) is 4.74 Å². The number of fused-ring (bicyclic) bond motifs is 1. The average molecular weight is 399 g/mol. The number of amides is 2. The van der Waals surface area contributed by atoms with Crippen molar-refractivity contribution in [2.45, 2.75) is 32.1 Å². The molecule has 2 amide bonds. The molecule has 148 valence electrons. The zero-order chi connectivity index (χ0) is 19.5. The van der Waals surface area contributed by atoms with Crippen molar-refractivity contribution in [3.05, 3.63) is 47.0 Å². The topological polar surface area (TPSA) is 49.9 Å². The second-order valence-electron chi connectivity index (χ2n) is 8.45. The van der Waals surface area contributed by atoms with Crippen molar-refractivity contribution in [3.8, 4) is 0 Å². The first-order valence-corrected chi connectivity index (χ1v) is 11.2. The summed E-state index contributed by atoms with van der Waals surface area (Å²) in [5, 5.41) is 0. The van der Waals surface area contributed by atoms with Gasteiger partial charge in [-0.25, -0.2) is 0 Å². The van der Waals surface area contributed by atoms with Gasteiger partial charge in [0.25, 0.3) is 0 Å². The Hall–Kier alpha value is -1.79. The van der Waals surface area contributed by atoms with E-state index < -0.39 is 5.60 Å². The van der Waals surface area contributed by atoms with Crippen LogP contribution in [0.5, 0.6) is 0 Å². The van der Waals surface area contributed by atoms with Gasteiger partial charge in [0.05, 0.1) is 24.5 Å². The molecule has 0 saturated carbocycles. The van der Waals surface area contributed by atoms with Gasteiger partial charge >= 0.3 is 0 Å².